The summed E-state index contributed by atoms with van der Waals surface area (Å²) < 4.78 is 13.8. The zero-order valence-electron chi connectivity index (χ0n) is 9.22. The van der Waals surface area contributed by atoms with Crippen LogP contribution in [0.1, 0.15) is 26.3 Å². The van der Waals surface area contributed by atoms with Crippen molar-refractivity contribution in [3.05, 3.63) is 34.1 Å². The standard InChI is InChI=1S/C12H16BrFO/c1-12(2,3)11(15)6-8-4-9(13)7-10(14)5-8/h4-5,7,11,15H,6H2,1-3H3. The van der Waals surface area contributed by atoms with Gasteiger partial charge < -0.3 is 5.11 Å². The van der Waals surface area contributed by atoms with Gasteiger partial charge in [0.15, 0.2) is 0 Å². The van der Waals surface area contributed by atoms with Crippen molar-refractivity contribution in [3.63, 3.8) is 0 Å². The molecule has 1 atom stereocenters. The van der Waals surface area contributed by atoms with Gasteiger partial charge in [-0.25, -0.2) is 4.39 Å². The lowest BCUT2D eigenvalue weighted by molar-refractivity contribution is 0.0635. The van der Waals surface area contributed by atoms with E-state index in [1.807, 2.05) is 26.8 Å². The lowest BCUT2D eigenvalue weighted by Crippen LogP contribution is -2.28. The third-order valence-corrected chi connectivity index (χ3v) is 2.81. The van der Waals surface area contributed by atoms with Crippen LogP contribution in [0, 0.1) is 11.2 Å². The number of hydrogen-bond acceptors (Lipinski definition) is 1. The second-order valence-corrected chi connectivity index (χ2v) is 5.78. The summed E-state index contributed by atoms with van der Waals surface area (Å²) in [6.07, 6.45) is 0.00560. The molecule has 0 fully saturated rings. The summed E-state index contributed by atoms with van der Waals surface area (Å²) in [4.78, 5) is 0. The van der Waals surface area contributed by atoms with Crippen molar-refractivity contribution in [1.82, 2.24) is 0 Å². The van der Waals surface area contributed by atoms with Gasteiger partial charge >= 0.3 is 0 Å². The Bertz CT molecular complexity index is 324. The Morgan fingerprint density at radius 1 is 1.33 bits per heavy atom. The van der Waals surface area contributed by atoms with Gasteiger partial charge in [-0.2, -0.15) is 0 Å². The predicted octanol–water partition coefficient (Wildman–Crippen LogP) is 3.54. The summed E-state index contributed by atoms with van der Waals surface area (Å²) in [6, 6.07) is 4.70. The molecule has 15 heavy (non-hydrogen) atoms. The highest BCUT2D eigenvalue weighted by molar-refractivity contribution is 9.10. The average Bonchev–Trinajstić information content (AvgIpc) is 1.99. The van der Waals surface area contributed by atoms with Crippen molar-refractivity contribution in [2.75, 3.05) is 0 Å². The van der Waals surface area contributed by atoms with Gasteiger partial charge in [-0.05, 0) is 35.6 Å². The van der Waals surface area contributed by atoms with Crippen LogP contribution in [-0.4, -0.2) is 11.2 Å². The van der Waals surface area contributed by atoms with E-state index in [0.717, 1.165) is 5.56 Å². The van der Waals surface area contributed by atoms with Gasteiger partial charge in [0.2, 0.25) is 0 Å². The molecule has 1 nitrogen and oxygen atoms in total. The van der Waals surface area contributed by atoms with E-state index in [9.17, 15) is 9.50 Å². The zero-order chi connectivity index (χ0) is 11.6. The summed E-state index contributed by atoms with van der Waals surface area (Å²) in [5.41, 5.74) is 0.628. The molecule has 0 bridgehead atoms. The number of hydrogen-bond donors (Lipinski definition) is 1. The zero-order valence-corrected chi connectivity index (χ0v) is 10.8. The van der Waals surface area contributed by atoms with Crippen molar-refractivity contribution in [2.45, 2.75) is 33.3 Å². The number of aliphatic hydroxyl groups excluding tert-OH is 1. The highest BCUT2D eigenvalue weighted by Gasteiger charge is 2.22. The molecule has 1 N–H and O–H groups in total. The molecule has 0 aromatic heterocycles. The number of rotatable bonds is 2. The quantitative estimate of drug-likeness (QED) is 0.875. The number of halogens is 2. The number of benzene rings is 1. The van der Waals surface area contributed by atoms with Crippen molar-refractivity contribution < 1.29 is 9.50 Å². The van der Waals surface area contributed by atoms with E-state index in [0.29, 0.717) is 10.9 Å². The third-order valence-electron chi connectivity index (χ3n) is 2.35. The molecule has 0 aliphatic heterocycles. The highest BCUT2D eigenvalue weighted by atomic mass is 79.9. The Labute approximate surface area is 98.4 Å². The van der Waals surface area contributed by atoms with Gasteiger partial charge in [0.05, 0.1) is 6.10 Å². The molecule has 0 amide bonds. The van der Waals surface area contributed by atoms with Gasteiger partial charge in [-0.3, -0.25) is 0 Å². The predicted molar refractivity (Wildman–Crippen MR) is 63.3 cm³/mol. The summed E-state index contributed by atoms with van der Waals surface area (Å²) in [6.45, 7) is 5.89. The molecular weight excluding hydrogens is 259 g/mol. The Kier molecular flexibility index (Phi) is 3.90. The van der Waals surface area contributed by atoms with Crippen LogP contribution in [0.25, 0.3) is 0 Å². The van der Waals surface area contributed by atoms with Crippen molar-refractivity contribution in [1.29, 1.82) is 0 Å². The van der Waals surface area contributed by atoms with Crippen LogP contribution in [0.15, 0.2) is 22.7 Å². The van der Waals surface area contributed by atoms with Crippen LogP contribution < -0.4 is 0 Å². The first kappa shape index (κ1) is 12.7. The largest absolute Gasteiger partial charge is 0.392 e. The Balaban J connectivity index is 2.81. The van der Waals surface area contributed by atoms with Gasteiger partial charge in [-0.15, -0.1) is 0 Å². The smallest absolute Gasteiger partial charge is 0.124 e. The maximum atomic E-state index is 13.1. The maximum Gasteiger partial charge on any atom is 0.124 e. The van der Waals surface area contributed by atoms with E-state index >= 15 is 0 Å². The van der Waals surface area contributed by atoms with E-state index in [1.54, 1.807) is 0 Å². The fraction of sp³-hybridized carbons (Fsp3) is 0.500. The minimum absolute atomic E-state index is 0.182. The molecular formula is C12H16BrFO. The Morgan fingerprint density at radius 2 is 1.93 bits per heavy atom. The van der Waals surface area contributed by atoms with Gasteiger partial charge in [0, 0.05) is 4.47 Å². The first-order valence-electron chi connectivity index (χ1n) is 4.92. The number of aliphatic hydroxyl groups is 1. The van der Waals surface area contributed by atoms with Crippen molar-refractivity contribution in [3.8, 4) is 0 Å². The lowest BCUT2D eigenvalue weighted by Gasteiger charge is -2.25. The summed E-state index contributed by atoms with van der Waals surface area (Å²) >= 11 is 3.23. The first-order chi connectivity index (χ1) is 6.79. The van der Waals surface area contributed by atoms with Gasteiger partial charge in [0.1, 0.15) is 5.82 Å². The highest BCUT2D eigenvalue weighted by Crippen LogP contribution is 2.24. The minimum atomic E-state index is -0.466. The van der Waals surface area contributed by atoms with E-state index in [1.165, 1.54) is 12.1 Å². The topological polar surface area (TPSA) is 20.2 Å². The SMILES string of the molecule is CC(C)(C)C(O)Cc1cc(F)cc(Br)c1. The molecule has 1 aromatic carbocycles. The van der Waals surface area contributed by atoms with Crippen LogP contribution in [0.4, 0.5) is 4.39 Å². The molecule has 1 rings (SSSR count). The molecule has 0 saturated heterocycles. The molecule has 0 spiro atoms. The second kappa shape index (κ2) is 4.62. The van der Waals surface area contributed by atoms with Crippen LogP contribution in [-0.2, 0) is 6.42 Å². The molecule has 0 aliphatic carbocycles. The maximum absolute atomic E-state index is 13.1. The van der Waals surface area contributed by atoms with Crippen molar-refractivity contribution in [2.24, 2.45) is 5.41 Å². The van der Waals surface area contributed by atoms with Crippen molar-refractivity contribution >= 4 is 15.9 Å². The van der Waals surface area contributed by atoms with Crippen LogP contribution in [0.3, 0.4) is 0 Å². The molecule has 1 unspecified atom stereocenters. The van der Waals surface area contributed by atoms with E-state index in [-0.39, 0.29) is 11.2 Å². The Hall–Kier alpha value is -0.410. The van der Waals surface area contributed by atoms with E-state index in [4.69, 9.17) is 0 Å². The average molecular weight is 275 g/mol. The molecule has 3 heteroatoms. The third kappa shape index (κ3) is 3.92. The molecule has 0 saturated carbocycles. The van der Waals surface area contributed by atoms with Gasteiger partial charge in [-0.1, -0.05) is 36.7 Å². The van der Waals surface area contributed by atoms with Gasteiger partial charge in [0.25, 0.3) is 0 Å². The summed E-state index contributed by atoms with van der Waals surface area (Å²) in [5, 5.41) is 9.88. The normalized spacial score (nSPS) is 14.0. The van der Waals surface area contributed by atoms with E-state index in [2.05, 4.69) is 15.9 Å². The fourth-order valence-corrected chi connectivity index (χ4v) is 1.77. The summed E-state index contributed by atoms with van der Waals surface area (Å²) in [5.74, 6) is -0.277. The summed E-state index contributed by atoms with van der Waals surface area (Å²) in [7, 11) is 0. The second-order valence-electron chi connectivity index (χ2n) is 4.86. The molecule has 1 aromatic rings. The van der Waals surface area contributed by atoms with E-state index < -0.39 is 6.10 Å². The molecule has 0 heterocycles. The lowest BCUT2D eigenvalue weighted by atomic mass is 9.85. The first-order valence-corrected chi connectivity index (χ1v) is 5.71. The Morgan fingerprint density at radius 3 is 2.40 bits per heavy atom. The monoisotopic (exact) mass is 274 g/mol. The van der Waals surface area contributed by atoms with Crippen LogP contribution in [0.5, 0.6) is 0 Å². The molecule has 0 radical (unpaired) electrons. The molecule has 0 aliphatic rings. The van der Waals surface area contributed by atoms with Crippen LogP contribution in [0.2, 0.25) is 0 Å². The fourth-order valence-electron chi connectivity index (χ4n) is 1.26. The molecule has 84 valence electrons. The minimum Gasteiger partial charge on any atom is -0.392 e. The van der Waals surface area contributed by atoms with Crippen LogP contribution >= 0.6 is 15.9 Å².